The maximum atomic E-state index is 14.0. The Bertz CT molecular complexity index is 1180. The number of nitrogens with one attached hydrogen (secondary N) is 1. The molecule has 0 radical (unpaired) electrons. The summed E-state index contributed by atoms with van der Waals surface area (Å²) in [6.07, 6.45) is -3.31. The van der Waals surface area contributed by atoms with Crippen LogP contribution in [0.4, 0.5) is 26.3 Å². The quantitative estimate of drug-likeness (QED) is 0.436. The number of nitrogens with zero attached hydrogens (tertiary/aromatic N) is 3. The van der Waals surface area contributed by atoms with E-state index >= 15 is 0 Å². The zero-order valence-corrected chi connectivity index (χ0v) is 19.3. The standard InChI is InChI=1S/C23H25F6N5O2/c1-31-21(36)19-20-17(6-11-2-3-11)33(4-5-34(20)22(32-19)23(27,28)29)18(35)9-13(30)7-12-8-15(25)16(26)10-14(12)24/h8,10-11,13,17H,2-7,9,30H2,1H3,(H,31,36)/t13-,17?/m1/s1. The van der Waals surface area contributed by atoms with Crippen molar-refractivity contribution in [3.8, 4) is 0 Å². The third kappa shape index (κ3) is 5.20. The van der Waals surface area contributed by atoms with Crippen molar-refractivity contribution in [1.29, 1.82) is 0 Å². The zero-order chi connectivity index (χ0) is 26.4. The molecule has 13 heteroatoms. The summed E-state index contributed by atoms with van der Waals surface area (Å²) in [5.74, 6) is -5.91. The van der Waals surface area contributed by atoms with Gasteiger partial charge in [0.05, 0.1) is 11.7 Å². The molecule has 2 amide bonds. The Balaban J connectivity index is 1.61. The Labute approximate surface area is 202 Å². The van der Waals surface area contributed by atoms with Crippen molar-refractivity contribution in [1.82, 2.24) is 19.8 Å². The average molecular weight is 517 g/mol. The molecule has 1 unspecified atom stereocenters. The van der Waals surface area contributed by atoms with Crippen molar-refractivity contribution in [3.05, 3.63) is 52.4 Å². The molecule has 2 atom stereocenters. The van der Waals surface area contributed by atoms with E-state index in [-0.39, 0.29) is 48.8 Å². The molecule has 1 saturated carbocycles. The lowest BCUT2D eigenvalue weighted by Crippen LogP contribution is -2.45. The Kier molecular flexibility index (Phi) is 7.04. The van der Waals surface area contributed by atoms with E-state index in [0.29, 0.717) is 18.6 Å². The molecule has 0 saturated heterocycles. The van der Waals surface area contributed by atoms with Gasteiger partial charge in [0.2, 0.25) is 11.7 Å². The van der Waals surface area contributed by atoms with Crippen LogP contribution in [-0.2, 0) is 23.9 Å². The van der Waals surface area contributed by atoms with Crippen LogP contribution in [0, 0.1) is 23.4 Å². The van der Waals surface area contributed by atoms with Crippen LogP contribution in [0.5, 0.6) is 0 Å². The predicted molar refractivity (Wildman–Crippen MR) is 115 cm³/mol. The molecule has 2 heterocycles. The molecule has 2 aromatic rings. The van der Waals surface area contributed by atoms with Crippen LogP contribution in [0.3, 0.4) is 0 Å². The lowest BCUT2D eigenvalue weighted by molar-refractivity contribution is -0.148. The number of fused-ring (bicyclic) bond motifs is 1. The number of alkyl halides is 3. The summed E-state index contributed by atoms with van der Waals surface area (Å²) < 4.78 is 82.8. The van der Waals surface area contributed by atoms with Crippen molar-refractivity contribution < 1.29 is 35.9 Å². The monoisotopic (exact) mass is 517 g/mol. The fourth-order valence-electron chi connectivity index (χ4n) is 4.67. The van der Waals surface area contributed by atoms with Crippen LogP contribution >= 0.6 is 0 Å². The number of aromatic nitrogens is 2. The topological polar surface area (TPSA) is 93.2 Å². The number of hydrogen-bond acceptors (Lipinski definition) is 4. The summed E-state index contributed by atoms with van der Waals surface area (Å²) in [6.45, 7) is -0.295. The van der Waals surface area contributed by atoms with E-state index in [2.05, 4.69) is 10.3 Å². The zero-order valence-electron chi connectivity index (χ0n) is 19.3. The predicted octanol–water partition coefficient (Wildman–Crippen LogP) is 3.32. The molecule has 196 valence electrons. The molecule has 1 aromatic carbocycles. The fraction of sp³-hybridized carbons (Fsp3) is 0.522. The highest BCUT2D eigenvalue weighted by Gasteiger charge is 2.45. The summed E-state index contributed by atoms with van der Waals surface area (Å²) in [5, 5.41) is 2.30. The maximum Gasteiger partial charge on any atom is 0.449 e. The van der Waals surface area contributed by atoms with Crippen LogP contribution in [0.1, 0.15) is 59.3 Å². The van der Waals surface area contributed by atoms with E-state index in [1.165, 1.54) is 11.9 Å². The highest BCUT2D eigenvalue weighted by molar-refractivity contribution is 5.94. The van der Waals surface area contributed by atoms with Gasteiger partial charge in [-0.25, -0.2) is 18.2 Å². The molecule has 36 heavy (non-hydrogen) atoms. The molecule has 3 N–H and O–H groups in total. The van der Waals surface area contributed by atoms with Crippen molar-refractivity contribution in [2.75, 3.05) is 13.6 Å². The molecule has 7 nitrogen and oxygen atoms in total. The van der Waals surface area contributed by atoms with E-state index in [1.807, 2.05) is 0 Å². The normalized spacial score (nSPS) is 18.7. The van der Waals surface area contributed by atoms with Gasteiger partial charge in [-0.1, -0.05) is 12.8 Å². The van der Waals surface area contributed by atoms with Crippen molar-refractivity contribution in [2.45, 2.75) is 56.9 Å². The first-order valence-electron chi connectivity index (χ1n) is 11.5. The van der Waals surface area contributed by atoms with Crippen LogP contribution in [-0.4, -0.2) is 45.9 Å². The average Bonchev–Trinajstić information content (AvgIpc) is 3.52. The van der Waals surface area contributed by atoms with Gasteiger partial charge in [-0.05, 0) is 30.4 Å². The Morgan fingerprint density at radius 2 is 1.81 bits per heavy atom. The molecule has 0 bridgehead atoms. The second-order valence-corrected chi connectivity index (χ2v) is 9.21. The van der Waals surface area contributed by atoms with Gasteiger partial charge in [-0.2, -0.15) is 13.2 Å². The van der Waals surface area contributed by atoms with Gasteiger partial charge in [0.1, 0.15) is 5.82 Å². The van der Waals surface area contributed by atoms with Crippen molar-refractivity contribution in [3.63, 3.8) is 0 Å². The molecule has 1 aliphatic carbocycles. The number of benzene rings is 1. The molecule has 1 aromatic heterocycles. The Morgan fingerprint density at radius 1 is 1.14 bits per heavy atom. The number of nitrogens with two attached hydrogens (primary N) is 1. The number of rotatable bonds is 7. The number of carbonyl (C=O) groups is 2. The first kappa shape index (κ1) is 26.0. The highest BCUT2D eigenvalue weighted by Crippen LogP contribution is 2.44. The number of halogens is 6. The van der Waals surface area contributed by atoms with Crippen LogP contribution in [0.2, 0.25) is 0 Å². The van der Waals surface area contributed by atoms with Gasteiger partial charge >= 0.3 is 6.18 Å². The van der Waals surface area contributed by atoms with Gasteiger partial charge in [0.25, 0.3) is 5.91 Å². The maximum absolute atomic E-state index is 14.0. The minimum absolute atomic E-state index is 0.0217. The summed E-state index contributed by atoms with van der Waals surface area (Å²) in [7, 11) is 1.28. The van der Waals surface area contributed by atoms with Gasteiger partial charge in [-0.15, -0.1) is 0 Å². The molecular formula is C23H25F6N5O2. The van der Waals surface area contributed by atoms with Gasteiger partial charge < -0.3 is 20.5 Å². The summed E-state index contributed by atoms with van der Waals surface area (Å²) in [6, 6.07) is -0.718. The second kappa shape index (κ2) is 9.75. The summed E-state index contributed by atoms with van der Waals surface area (Å²) in [5.41, 5.74) is 5.46. The SMILES string of the molecule is CNC(=O)c1nc(C(F)(F)F)n2c1C(CC1CC1)N(C(=O)C[C@H](N)Cc1cc(F)c(F)cc1F)CC2. The molecule has 2 aliphatic rings. The second-order valence-electron chi connectivity index (χ2n) is 9.21. The Hall–Kier alpha value is -3.09. The first-order valence-corrected chi connectivity index (χ1v) is 11.5. The van der Waals surface area contributed by atoms with E-state index in [4.69, 9.17) is 5.73 Å². The minimum Gasteiger partial charge on any atom is -0.354 e. The number of amides is 2. The Morgan fingerprint density at radius 3 is 2.42 bits per heavy atom. The van der Waals surface area contributed by atoms with Crippen LogP contribution in [0.15, 0.2) is 12.1 Å². The first-order chi connectivity index (χ1) is 16.9. The van der Waals surface area contributed by atoms with Crippen LogP contribution < -0.4 is 11.1 Å². The van der Waals surface area contributed by atoms with E-state index in [9.17, 15) is 35.9 Å². The molecule has 1 aliphatic heterocycles. The highest BCUT2D eigenvalue weighted by atomic mass is 19.4. The van der Waals surface area contributed by atoms with Crippen LogP contribution in [0.25, 0.3) is 0 Å². The van der Waals surface area contributed by atoms with Gasteiger partial charge in [-0.3, -0.25) is 9.59 Å². The van der Waals surface area contributed by atoms with E-state index < -0.39 is 53.4 Å². The number of hydrogen-bond donors (Lipinski definition) is 2. The summed E-state index contributed by atoms with van der Waals surface area (Å²) >= 11 is 0. The molecular weight excluding hydrogens is 492 g/mol. The van der Waals surface area contributed by atoms with Gasteiger partial charge in [0, 0.05) is 38.7 Å². The summed E-state index contributed by atoms with van der Waals surface area (Å²) in [4.78, 5) is 30.7. The van der Waals surface area contributed by atoms with Crippen molar-refractivity contribution in [2.24, 2.45) is 11.7 Å². The molecule has 0 spiro atoms. The molecule has 4 rings (SSSR count). The van der Waals surface area contributed by atoms with Crippen molar-refractivity contribution >= 4 is 11.8 Å². The van der Waals surface area contributed by atoms with E-state index in [1.54, 1.807) is 0 Å². The largest absolute Gasteiger partial charge is 0.449 e. The molecule has 1 fully saturated rings. The lowest BCUT2D eigenvalue weighted by Gasteiger charge is -2.38. The third-order valence-electron chi connectivity index (χ3n) is 6.54. The smallest absolute Gasteiger partial charge is 0.354 e. The third-order valence-corrected chi connectivity index (χ3v) is 6.54. The number of imidazole rings is 1. The van der Waals surface area contributed by atoms with E-state index in [0.717, 1.165) is 17.4 Å². The number of carbonyl (C=O) groups excluding carboxylic acids is 2. The van der Waals surface area contributed by atoms with Gasteiger partial charge in [0.15, 0.2) is 17.3 Å². The lowest BCUT2D eigenvalue weighted by atomic mass is 9.98. The fourth-order valence-corrected chi connectivity index (χ4v) is 4.67. The minimum atomic E-state index is -4.80.